The van der Waals surface area contributed by atoms with Gasteiger partial charge in [-0.2, -0.15) is 0 Å². The van der Waals surface area contributed by atoms with Crippen LogP contribution in [0.15, 0.2) is 235 Å². The molecular weight excluding hydrogens is 765 g/mol. The Bertz CT molecular complexity index is 3870. The average molecular weight is 803 g/mol. The molecule has 0 saturated heterocycles. The van der Waals surface area contributed by atoms with Gasteiger partial charge in [-0.25, -0.2) is 0 Å². The molecular formula is C60H38N2O. The smallest absolute Gasteiger partial charge is 0.135 e. The third kappa shape index (κ3) is 5.60. The molecule has 0 aliphatic rings. The fourth-order valence-corrected chi connectivity index (χ4v) is 10.0. The molecule has 0 bridgehead atoms. The lowest BCUT2D eigenvalue weighted by Crippen LogP contribution is -1.96. The highest BCUT2D eigenvalue weighted by atomic mass is 16.3. The van der Waals surface area contributed by atoms with Crippen LogP contribution in [0.5, 0.6) is 0 Å². The minimum atomic E-state index is 0.917. The highest BCUT2D eigenvalue weighted by molar-refractivity contribution is 6.20. The zero-order valence-electron chi connectivity index (χ0n) is 34.2. The van der Waals surface area contributed by atoms with Crippen molar-refractivity contribution < 1.29 is 4.42 Å². The molecule has 294 valence electrons. The minimum Gasteiger partial charge on any atom is -0.456 e. The van der Waals surface area contributed by atoms with Gasteiger partial charge in [0.25, 0.3) is 0 Å². The van der Waals surface area contributed by atoms with Gasteiger partial charge in [-0.15, -0.1) is 0 Å². The standard InChI is InChI=1S/C60H38N2O/c1-2-12-45(13-3-1)61-55-21-8-5-16-52(55)59-49(17-11-22-56(59)61)51-19-10-18-50-47-14-4-7-20-54(47)62(60(50)51)46-35-32-42(33-36-46)41-26-24-39(25-27-41)40-28-30-43(31-29-40)44-34-37-58-53(38-44)48-15-6-9-23-57(48)63-58/h1-38H. The Kier molecular flexibility index (Phi) is 7.91. The Morgan fingerprint density at radius 1 is 0.270 bits per heavy atom. The van der Waals surface area contributed by atoms with E-state index in [9.17, 15) is 0 Å². The molecule has 10 aromatic carbocycles. The minimum absolute atomic E-state index is 0.917. The van der Waals surface area contributed by atoms with Gasteiger partial charge in [-0.1, -0.05) is 170 Å². The molecule has 0 radical (unpaired) electrons. The van der Waals surface area contributed by atoms with Gasteiger partial charge in [0.1, 0.15) is 11.2 Å². The SMILES string of the molecule is c1ccc(-n2c3ccccc3c3c(-c4cccc5c6ccccc6n(-c6ccc(-c7ccc(-c8ccc(-c9ccc%10oc%11ccccc%11c%10c9)cc8)cc7)cc6)c45)cccc32)cc1. The third-order valence-electron chi connectivity index (χ3n) is 13.0. The van der Waals surface area contributed by atoms with E-state index in [-0.39, 0.29) is 0 Å². The van der Waals surface area contributed by atoms with Gasteiger partial charge >= 0.3 is 0 Å². The summed E-state index contributed by atoms with van der Waals surface area (Å²) in [6, 6.07) is 83.5. The molecule has 13 aromatic rings. The van der Waals surface area contributed by atoms with Crippen molar-refractivity contribution in [1.29, 1.82) is 0 Å². The Morgan fingerprint density at radius 2 is 0.746 bits per heavy atom. The molecule has 3 heteroatoms. The van der Waals surface area contributed by atoms with E-state index in [1.807, 2.05) is 12.1 Å². The quantitative estimate of drug-likeness (QED) is 0.164. The first kappa shape index (κ1) is 35.4. The van der Waals surface area contributed by atoms with Gasteiger partial charge in [0.2, 0.25) is 0 Å². The molecule has 0 saturated carbocycles. The summed E-state index contributed by atoms with van der Waals surface area (Å²) >= 11 is 0. The molecule has 3 heterocycles. The second-order valence-corrected chi connectivity index (χ2v) is 16.5. The lowest BCUT2D eigenvalue weighted by atomic mass is 9.97. The van der Waals surface area contributed by atoms with Crippen molar-refractivity contribution in [2.45, 2.75) is 0 Å². The maximum atomic E-state index is 6.07. The van der Waals surface area contributed by atoms with Gasteiger partial charge in [0.05, 0.1) is 22.1 Å². The third-order valence-corrected chi connectivity index (χ3v) is 13.0. The van der Waals surface area contributed by atoms with E-state index >= 15 is 0 Å². The molecule has 63 heavy (non-hydrogen) atoms. The molecule has 0 unspecified atom stereocenters. The largest absolute Gasteiger partial charge is 0.456 e. The second kappa shape index (κ2) is 14.1. The first-order valence-electron chi connectivity index (χ1n) is 21.6. The lowest BCUT2D eigenvalue weighted by Gasteiger charge is -2.14. The topological polar surface area (TPSA) is 23.0 Å². The van der Waals surface area contributed by atoms with Crippen LogP contribution in [-0.4, -0.2) is 9.13 Å². The Balaban J connectivity index is 0.860. The van der Waals surface area contributed by atoms with E-state index in [0.29, 0.717) is 0 Å². The van der Waals surface area contributed by atoms with Crippen molar-refractivity contribution in [1.82, 2.24) is 9.13 Å². The van der Waals surface area contributed by atoms with E-state index in [1.54, 1.807) is 0 Å². The molecule has 0 fully saturated rings. The lowest BCUT2D eigenvalue weighted by molar-refractivity contribution is 0.669. The number of para-hydroxylation sites is 5. The number of rotatable bonds is 6. The van der Waals surface area contributed by atoms with Crippen LogP contribution in [0.3, 0.4) is 0 Å². The van der Waals surface area contributed by atoms with E-state index in [1.165, 1.54) is 88.1 Å². The highest BCUT2D eigenvalue weighted by Gasteiger charge is 2.21. The van der Waals surface area contributed by atoms with Gasteiger partial charge in [0.15, 0.2) is 0 Å². The number of nitrogens with zero attached hydrogens (tertiary/aromatic N) is 2. The van der Waals surface area contributed by atoms with Crippen molar-refractivity contribution in [2.24, 2.45) is 0 Å². The summed E-state index contributed by atoms with van der Waals surface area (Å²) in [5.41, 5.74) is 18.5. The fraction of sp³-hybridized carbons (Fsp3) is 0. The van der Waals surface area contributed by atoms with Crippen molar-refractivity contribution in [3.63, 3.8) is 0 Å². The Hall–Kier alpha value is -8.40. The van der Waals surface area contributed by atoms with E-state index in [4.69, 9.17) is 4.42 Å². The van der Waals surface area contributed by atoms with Crippen LogP contribution < -0.4 is 0 Å². The molecule has 0 amide bonds. The maximum absolute atomic E-state index is 6.07. The van der Waals surface area contributed by atoms with Crippen molar-refractivity contribution in [3.05, 3.63) is 231 Å². The molecule has 13 rings (SSSR count). The summed E-state index contributed by atoms with van der Waals surface area (Å²) in [6.07, 6.45) is 0. The number of fused-ring (bicyclic) bond motifs is 9. The Labute approximate surface area is 363 Å². The average Bonchev–Trinajstić information content (AvgIpc) is 4.02. The molecule has 0 aliphatic carbocycles. The first-order valence-corrected chi connectivity index (χ1v) is 21.6. The van der Waals surface area contributed by atoms with Crippen LogP contribution in [0, 0.1) is 0 Å². The molecule has 3 aromatic heterocycles. The van der Waals surface area contributed by atoms with Crippen LogP contribution in [0.1, 0.15) is 0 Å². The summed E-state index contributed by atoms with van der Waals surface area (Å²) in [6.45, 7) is 0. The number of aromatic nitrogens is 2. The molecule has 0 N–H and O–H groups in total. The summed E-state index contributed by atoms with van der Waals surface area (Å²) in [7, 11) is 0. The van der Waals surface area contributed by atoms with Crippen LogP contribution in [0.25, 0.3) is 121 Å². The first-order chi connectivity index (χ1) is 31.2. The molecule has 3 nitrogen and oxygen atoms in total. The van der Waals surface area contributed by atoms with Crippen molar-refractivity contribution in [2.75, 3.05) is 0 Å². The predicted octanol–water partition coefficient (Wildman–Crippen LogP) is 16.4. The summed E-state index contributed by atoms with van der Waals surface area (Å²) in [4.78, 5) is 0. The molecule has 0 atom stereocenters. The van der Waals surface area contributed by atoms with Gasteiger partial charge < -0.3 is 13.6 Å². The van der Waals surface area contributed by atoms with Crippen LogP contribution in [-0.2, 0) is 0 Å². The van der Waals surface area contributed by atoms with E-state index < -0.39 is 0 Å². The summed E-state index contributed by atoms with van der Waals surface area (Å²) in [5, 5.41) is 7.29. The number of hydrogen-bond donors (Lipinski definition) is 0. The second-order valence-electron chi connectivity index (χ2n) is 16.5. The summed E-state index contributed by atoms with van der Waals surface area (Å²) < 4.78 is 10.9. The number of benzene rings is 10. The van der Waals surface area contributed by atoms with Crippen LogP contribution in [0.4, 0.5) is 0 Å². The highest BCUT2D eigenvalue weighted by Crippen LogP contribution is 2.44. The predicted molar refractivity (Wildman–Crippen MR) is 264 cm³/mol. The van der Waals surface area contributed by atoms with Gasteiger partial charge in [-0.3, -0.25) is 0 Å². The van der Waals surface area contributed by atoms with Gasteiger partial charge in [0, 0.05) is 49.3 Å². The zero-order chi connectivity index (χ0) is 41.4. The van der Waals surface area contributed by atoms with Crippen LogP contribution >= 0.6 is 0 Å². The number of hydrogen-bond acceptors (Lipinski definition) is 1. The molecule has 0 aliphatic heterocycles. The number of furan rings is 1. The van der Waals surface area contributed by atoms with E-state index in [2.05, 4.69) is 228 Å². The van der Waals surface area contributed by atoms with Gasteiger partial charge in [-0.05, 0) is 99.6 Å². The monoisotopic (exact) mass is 802 g/mol. The van der Waals surface area contributed by atoms with Crippen molar-refractivity contribution in [3.8, 4) is 55.9 Å². The molecule has 0 spiro atoms. The zero-order valence-corrected chi connectivity index (χ0v) is 34.2. The fourth-order valence-electron chi connectivity index (χ4n) is 10.0. The van der Waals surface area contributed by atoms with Crippen LogP contribution in [0.2, 0.25) is 0 Å². The summed E-state index contributed by atoms with van der Waals surface area (Å²) in [5.74, 6) is 0. The normalized spacial score (nSPS) is 11.8. The Morgan fingerprint density at radius 3 is 1.46 bits per heavy atom. The van der Waals surface area contributed by atoms with E-state index in [0.717, 1.165) is 33.3 Å². The maximum Gasteiger partial charge on any atom is 0.135 e. The van der Waals surface area contributed by atoms with Crippen molar-refractivity contribution >= 4 is 65.6 Å².